The van der Waals surface area contributed by atoms with E-state index in [0.29, 0.717) is 23.4 Å². The second-order valence-corrected chi connectivity index (χ2v) is 8.56. The normalized spacial score (nSPS) is 16.9. The highest BCUT2D eigenvalue weighted by Gasteiger charge is 2.45. The summed E-state index contributed by atoms with van der Waals surface area (Å²) < 4.78 is 0. The van der Waals surface area contributed by atoms with Crippen LogP contribution in [0.25, 0.3) is 0 Å². The second-order valence-electron chi connectivity index (χ2n) is 7.46. The van der Waals surface area contributed by atoms with Crippen LogP contribution >= 0.6 is 11.3 Å². The van der Waals surface area contributed by atoms with Gasteiger partial charge in [0.15, 0.2) is 0 Å². The molecule has 1 amide bonds. The molecule has 0 saturated heterocycles. The van der Waals surface area contributed by atoms with Crippen molar-refractivity contribution in [1.29, 1.82) is 5.26 Å². The smallest absolute Gasteiger partial charge is 0.310 e. The first-order valence-corrected chi connectivity index (χ1v) is 9.99. The highest BCUT2D eigenvalue weighted by Crippen LogP contribution is 2.41. The van der Waals surface area contributed by atoms with Crippen molar-refractivity contribution in [2.75, 3.05) is 5.32 Å². The number of hydrogen-bond acceptors (Lipinski definition) is 4. The van der Waals surface area contributed by atoms with Crippen LogP contribution in [0.4, 0.5) is 5.00 Å². The highest BCUT2D eigenvalue weighted by molar-refractivity contribution is 7.16. The van der Waals surface area contributed by atoms with Crippen LogP contribution in [0.5, 0.6) is 0 Å². The molecule has 138 valence electrons. The molecule has 6 heteroatoms. The first-order valence-electron chi connectivity index (χ1n) is 9.17. The number of amides is 1. The van der Waals surface area contributed by atoms with Gasteiger partial charge in [0.25, 0.3) is 0 Å². The molecule has 0 fully saturated rings. The zero-order chi connectivity index (χ0) is 19.0. The highest BCUT2D eigenvalue weighted by atomic mass is 32.1. The molecule has 2 aromatic rings. The van der Waals surface area contributed by atoms with Crippen LogP contribution in [0.15, 0.2) is 24.3 Å². The summed E-state index contributed by atoms with van der Waals surface area (Å²) in [5.74, 6) is -1.28. The number of anilines is 1. The van der Waals surface area contributed by atoms with Crippen molar-refractivity contribution in [3.8, 4) is 6.07 Å². The van der Waals surface area contributed by atoms with Gasteiger partial charge in [0.2, 0.25) is 5.91 Å². The Morgan fingerprint density at radius 2 is 1.85 bits per heavy atom. The third kappa shape index (κ3) is 3.13. The summed E-state index contributed by atoms with van der Waals surface area (Å²) >= 11 is 1.47. The molecule has 4 rings (SSSR count). The van der Waals surface area contributed by atoms with Crippen molar-refractivity contribution in [1.82, 2.24) is 0 Å². The van der Waals surface area contributed by atoms with E-state index in [1.165, 1.54) is 16.2 Å². The van der Waals surface area contributed by atoms with E-state index in [1.807, 2.05) is 24.3 Å². The van der Waals surface area contributed by atoms with E-state index in [2.05, 4.69) is 11.4 Å². The molecule has 0 bridgehead atoms. The first-order chi connectivity index (χ1) is 13.0. The van der Waals surface area contributed by atoms with Crippen LogP contribution < -0.4 is 5.32 Å². The summed E-state index contributed by atoms with van der Waals surface area (Å²) in [6.07, 6.45) is 4.61. The Morgan fingerprint density at radius 3 is 2.48 bits per heavy atom. The van der Waals surface area contributed by atoms with Crippen LogP contribution in [-0.4, -0.2) is 17.0 Å². The Labute approximate surface area is 161 Å². The number of carboxylic acid groups (broad SMARTS) is 1. The standard InChI is InChI=1S/C21H20N2O3S/c22-12-16-15-7-3-4-8-17(15)27-19(16)23-18(24)11-21(20(25)26)9-13-5-1-2-6-14(13)10-21/h1-2,5-6H,3-4,7-11H2,(H,23,24)(H,25,26). The molecule has 0 aliphatic heterocycles. The number of nitrogens with one attached hydrogen (secondary N) is 1. The maximum absolute atomic E-state index is 12.7. The number of carbonyl (C=O) groups is 2. The number of rotatable bonds is 4. The predicted molar refractivity (Wildman–Crippen MR) is 103 cm³/mol. The minimum Gasteiger partial charge on any atom is -0.481 e. The zero-order valence-electron chi connectivity index (χ0n) is 14.9. The molecule has 1 heterocycles. The number of nitriles is 1. The maximum atomic E-state index is 12.7. The van der Waals surface area contributed by atoms with Crippen molar-refractivity contribution in [3.05, 3.63) is 51.4 Å². The third-order valence-corrected chi connectivity index (χ3v) is 6.87. The number of fused-ring (bicyclic) bond motifs is 2. The Morgan fingerprint density at radius 1 is 1.19 bits per heavy atom. The Hall–Kier alpha value is -2.65. The molecule has 0 radical (unpaired) electrons. The van der Waals surface area contributed by atoms with Gasteiger partial charge in [0.05, 0.1) is 11.0 Å². The molecule has 0 spiro atoms. The number of benzene rings is 1. The summed E-state index contributed by atoms with van der Waals surface area (Å²) in [7, 11) is 0. The van der Waals surface area contributed by atoms with Gasteiger partial charge in [-0.3, -0.25) is 9.59 Å². The summed E-state index contributed by atoms with van der Waals surface area (Å²) in [6.45, 7) is 0. The van der Waals surface area contributed by atoms with Crippen LogP contribution in [0.2, 0.25) is 0 Å². The van der Waals surface area contributed by atoms with Gasteiger partial charge in [0.1, 0.15) is 11.1 Å². The monoisotopic (exact) mass is 380 g/mol. The number of aryl methyl sites for hydroxylation is 1. The minimum absolute atomic E-state index is 0.0928. The van der Waals surface area contributed by atoms with Crippen LogP contribution in [0, 0.1) is 16.7 Å². The van der Waals surface area contributed by atoms with Crippen LogP contribution in [0.1, 0.15) is 46.4 Å². The molecular formula is C21H20N2O3S. The molecule has 2 aliphatic rings. The van der Waals surface area contributed by atoms with Crippen molar-refractivity contribution >= 4 is 28.2 Å². The average Bonchev–Trinajstić information content (AvgIpc) is 3.19. The Kier molecular flexibility index (Phi) is 4.48. The number of hydrogen-bond donors (Lipinski definition) is 2. The van der Waals surface area contributed by atoms with Gasteiger partial charge in [-0.2, -0.15) is 5.26 Å². The SMILES string of the molecule is N#Cc1c(NC(=O)CC2(C(=O)O)Cc3ccccc3C2)sc2c1CCCC2. The van der Waals surface area contributed by atoms with E-state index in [0.717, 1.165) is 42.4 Å². The van der Waals surface area contributed by atoms with Crippen LogP contribution in [0.3, 0.4) is 0 Å². The van der Waals surface area contributed by atoms with E-state index in [4.69, 9.17) is 0 Å². The lowest BCUT2D eigenvalue weighted by Gasteiger charge is -2.23. The van der Waals surface area contributed by atoms with Gasteiger partial charge >= 0.3 is 5.97 Å². The molecule has 1 aromatic heterocycles. The Bertz CT molecular complexity index is 945. The molecule has 0 unspecified atom stereocenters. The quantitative estimate of drug-likeness (QED) is 0.846. The summed E-state index contributed by atoms with van der Waals surface area (Å²) in [5.41, 5.74) is 2.50. The second kappa shape index (κ2) is 6.82. The largest absolute Gasteiger partial charge is 0.481 e. The van der Waals surface area contributed by atoms with E-state index in [-0.39, 0.29) is 12.3 Å². The molecule has 27 heavy (non-hydrogen) atoms. The fourth-order valence-electron chi connectivity index (χ4n) is 4.30. The maximum Gasteiger partial charge on any atom is 0.310 e. The lowest BCUT2D eigenvalue weighted by Crippen LogP contribution is -2.36. The van der Waals surface area contributed by atoms with E-state index in [9.17, 15) is 20.0 Å². The van der Waals surface area contributed by atoms with Gasteiger partial charge in [-0.25, -0.2) is 0 Å². The predicted octanol–water partition coefficient (Wildman–Crippen LogP) is 3.70. The number of nitrogens with zero attached hydrogens (tertiary/aromatic N) is 1. The van der Waals surface area contributed by atoms with E-state index >= 15 is 0 Å². The first kappa shape index (κ1) is 17.7. The molecule has 1 aromatic carbocycles. The third-order valence-electron chi connectivity index (χ3n) is 5.66. The molecule has 0 atom stereocenters. The summed E-state index contributed by atoms with van der Waals surface area (Å²) in [6, 6.07) is 9.88. The number of carbonyl (C=O) groups excluding carboxylic acids is 1. The Balaban J connectivity index is 1.55. The van der Waals surface area contributed by atoms with Gasteiger partial charge < -0.3 is 10.4 Å². The molecular weight excluding hydrogens is 360 g/mol. The number of aliphatic carboxylic acids is 1. The van der Waals surface area contributed by atoms with Crippen molar-refractivity contribution in [3.63, 3.8) is 0 Å². The van der Waals surface area contributed by atoms with Gasteiger partial charge in [0, 0.05) is 11.3 Å². The van der Waals surface area contributed by atoms with Gasteiger partial charge in [-0.1, -0.05) is 24.3 Å². The molecule has 2 aliphatic carbocycles. The van der Waals surface area contributed by atoms with E-state index < -0.39 is 11.4 Å². The topological polar surface area (TPSA) is 90.2 Å². The van der Waals surface area contributed by atoms with E-state index in [1.54, 1.807) is 0 Å². The fraction of sp³-hybridized carbons (Fsp3) is 0.381. The molecule has 5 nitrogen and oxygen atoms in total. The van der Waals surface area contributed by atoms with Gasteiger partial charge in [-0.15, -0.1) is 11.3 Å². The van der Waals surface area contributed by atoms with Crippen molar-refractivity contribution < 1.29 is 14.7 Å². The zero-order valence-corrected chi connectivity index (χ0v) is 15.7. The lowest BCUT2D eigenvalue weighted by molar-refractivity contribution is -0.150. The number of carboxylic acids is 1. The minimum atomic E-state index is -1.11. The molecule has 2 N–H and O–H groups in total. The fourth-order valence-corrected chi connectivity index (χ4v) is 5.55. The molecule has 0 saturated carbocycles. The average molecular weight is 380 g/mol. The van der Waals surface area contributed by atoms with Crippen LogP contribution in [-0.2, 0) is 35.3 Å². The van der Waals surface area contributed by atoms with Crippen molar-refractivity contribution in [2.45, 2.75) is 44.9 Å². The van der Waals surface area contributed by atoms with Gasteiger partial charge in [-0.05, 0) is 55.2 Å². The number of thiophene rings is 1. The lowest BCUT2D eigenvalue weighted by atomic mass is 9.81. The summed E-state index contributed by atoms with van der Waals surface area (Å²) in [4.78, 5) is 25.9. The van der Waals surface area contributed by atoms with Crippen molar-refractivity contribution in [2.24, 2.45) is 5.41 Å². The summed E-state index contributed by atoms with van der Waals surface area (Å²) in [5, 5.41) is 22.8.